The van der Waals surface area contributed by atoms with E-state index in [1.807, 2.05) is 41.1 Å². The van der Waals surface area contributed by atoms with E-state index in [0.29, 0.717) is 6.54 Å². The summed E-state index contributed by atoms with van der Waals surface area (Å²) in [7, 11) is 0. The van der Waals surface area contributed by atoms with Gasteiger partial charge in [-0.15, -0.1) is 0 Å². The molecule has 0 atom stereocenters. The zero-order valence-corrected chi connectivity index (χ0v) is 14.2. The number of anilines is 1. The van der Waals surface area contributed by atoms with Crippen LogP contribution in [0.1, 0.15) is 12.5 Å². The fourth-order valence-corrected chi connectivity index (χ4v) is 3.29. The minimum Gasteiger partial charge on any atom is -0.338 e. The third-order valence-electron chi connectivity index (χ3n) is 4.62. The fourth-order valence-electron chi connectivity index (χ4n) is 3.29. The second kappa shape index (κ2) is 6.44. The summed E-state index contributed by atoms with van der Waals surface area (Å²) >= 11 is 0. The van der Waals surface area contributed by atoms with E-state index >= 15 is 0 Å². The van der Waals surface area contributed by atoms with E-state index in [4.69, 9.17) is 0 Å². The fraction of sp³-hybridized carbons (Fsp3) is 0.136. The predicted molar refractivity (Wildman–Crippen MR) is 104 cm³/mol. The van der Waals surface area contributed by atoms with Gasteiger partial charge in [0.25, 0.3) is 0 Å². The van der Waals surface area contributed by atoms with E-state index in [9.17, 15) is 4.79 Å². The first-order valence-electron chi connectivity index (χ1n) is 8.60. The van der Waals surface area contributed by atoms with Crippen molar-refractivity contribution in [1.82, 2.24) is 4.57 Å². The summed E-state index contributed by atoms with van der Waals surface area (Å²) in [5.41, 5.74) is 3.25. The lowest BCUT2D eigenvalue weighted by Gasteiger charge is -2.10. The minimum absolute atomic E-state index is 0.0200. The number of hydrogen-bond acceptors (Lipinski definition) is 1. The number of rotatable bonds is 4. The molecule has 0 saturated carbocycles. The quantitative estimate of drug-likeness (QED) is 0.562. The summed E-state index contributed by atoms with van der Waals surface area (Å²) in [6.07, 6.45) is 3.00. The van der Waals surface area contributed by atoms with Crippen LogP contribution < -0.4 is 5.32 Å². The molecule has 0 radical (unpaired) electrons. The smallest absolute Gasteiger partial charge is 0.244 e. The van der Waals surface area contributed by atoms with Crippen molar-refractivity contribution in [3.8, 4) is 0 Å². The number of nitrogens with zero attached hydrogens (tertiary/aromatic N) is 1. The Morgan fingerprint density at radius 3 is 2.68 bits per heavy atom. The molecule has 3 heteroatoms. The molecule has 0 aliphatic heterocycles. The van der Waals surface area contributed by atoms with E-state index in [0.717, 1.165) is 28.4 Å². The second-order valence-electron chi connectivity index (χ2n) is 6.27. The van der Waals surface area contributed by atoms with E-state index in [2.05, 4.69) is 48.6 Å². The highest BCUT2D eigenvalue weighted by Gasteiger charge is 2.09. The number of hydrogen-bond donors (Lipinski definition) is 1. The molecule has 3 aromatic carbocycles. The van der Waals surface area contributed by atoms with Gasteiger partial charge in [-0.1, -0.05) is 49.4 Å². The Morgan fingerprint density at radius 1 is 0.960 bits per heavy atom. The van der Waals surface area contributed by atoms with Crippen molar-refractivity contribution < 1.29 is 4.79 Å². The number of carbonyl (C=O) groups excluding carboxylic acids is 1. The van der Waals surface area contributed by atoms with Crippen LogP contribution in [-0.2, 0) is 17.8 Å². The molecular formula is C22H20N2O. The van der Waals surface area contributed by atoms with Crippen LogP contribution in [0, 0.1) is 0 Å². The summed E-state index contributed by atoms with van der Waals surface area (Å²) in [5.74, 6) is -0.0200. The topological polar surface area (TPSA) is 34.0 Å². The van der Waals surface area contributed by atoms with Crippen molar-refractivity contribution in [2.75, 3.05) is 5.32 Å². The van der Waals surface area contributed by atoms with Gasteiger partial charge in [0.2, 0.25) is 5.91 Å². The molecule has 1 N–H and O–H groups in total. The van der Waals surface area contributed by atoms with Crippen LogP contribution in [0.4, 0.5) is 5.69 Å². The SMILES string of the molecule is CCc1ccc2c(ccn2CC(=O)Nc2cccc3ccccc23)c1. The Kier molecular flexibility index (Phi) is 3.98. The first kappa shape index (κ1) is 15.5. The number of aromatic nitrogens is 1. The van der Waals surface area contributed by atoms with Crippen molar-refractivity contribution in [3.05, 3.63) is 78.5 Å². The van der Waals surface area contributed by atoms with Crippen LogP contribution in [0.2, 0.25) is 0 Å². The Balaban J connectivity index is 1.58. The zero-order valence-electron chi connectivity index (χ0n) is 14.2. The standard InChI is InChI=1S/C22H20N2O/c1-2-16-10-11-21-18(14-16)12-13-24(21)15-22(25)23-20-9-5-7-17-6-3-4-8-19(17)20/h3-14H,2,15H2,1H3,(H,23,25). The van der Waals surface area contributed by atoms with Gasteiger partial charge in [-0.25, -0.2) is 0 Å². The van der Waals surface area contributed by atoms with Crippen LogP contribution in [-0.4, -0.2) is 10.5 Å². The molecule has 0 fully saturated rings. The summed E-state index contributed by atoms with van der Waals surface area (Å²) in [6, 6.07) is 22.5. The normalized spacial score (nSPS) is 11.1. The summed E-state index contributed by atoms with van der Waals surface area (Å²) < 4.78 is 2.00. The van der Waals surface area contributed by atoms with Crippen molar-refractivity contribution in [2.24, 2.45) is 0 Å². The Labute approximate surface area is 146 Å². The van der Waals surface area contributed by atoms with Crippen molar-refractivity contribution in [1.29, 1.82) is 0 Å². The van der Waals surface area contributed by atoms with Crippen LogP contribution in [0.15, 0.2) is 72.9 Å². The maximum absolute atomic E-state index is 12.6. The molecule has 0 saturated heterocycles. The van der Waals surface area contributed by atoms with E-state index in [1.165, 1.54) is 10.9 Å². The maximum atomic E-state index is 12.6. The largest absolute Gasteiger partial charge is 0.338 e. The van der Waals surface area contributed by atoms with Crippen LogP contribution in [0.5, 0.6) is 0 Å². The molecule has 0 aliphatic carbocycles. The zero-order chi connectivity index (χ0) is 17.2. The van der Waals surface area contributed by atoms with Gasteiger partial charge >= 0.3 is 0 Å². The number of fused-ring (bicyclic) bond motifs is 2. The van der Waals surface area contributed by atoms with Crippen LogP contribution in [0.3, 0.4) is 0 Å². The summed E-state index contributed by atoms with van der Waals surface area (Å²) in [6.45, 7) is 2.45. The lowest BCUT2D eigenvalue weighted by Crippen LogP contribution is -2.18. The number of nitrogens with one attached hydrogen (secondary N) is 1. The average molecular weight is 328 g/mol. The number of amides is 1. The molecular weight excluding hydrogens is 308 g/mol. The van der Waals surface area contributed by atoms with Gasteiger partial charge in [-0.3, -0.25) is 4.79 Å². The molecule has 1 aromatic heterocycles. The molecule has 124 valence electrons. The Hall–Kier alpha value is -3.07. The molecule has 3 nitrogen and oxygen atoms in total. The molecule has 0 spiro atoms. The third-order valence-corrected chi connectivity index (χ3v) is 4.62. The number of carbonyl (C=O) groups is 1. The molecule has 0 aliphatic rings. The van der Waals surface area contributed by atoms with Gasteiger partial charge in [0.1, 0.15) is 6.54 Å². The molecule has 1 amide bonds. The predicted octanol–water partition coefficient (Wildman–Crippen LogP) is 5.00. The Bertz CT molecular complexity index is 1060. The average Bonchev–Trinajstić information content (AvgIpc) is 3.04. The molecule has 25 heavy (non-hydrogen) atoms. The molecule has 0 bridgehead atoms. The highest BCUT2D eigenvalue weighted by atomic mass is 16.1. The van der Waals surface area contributed by atoms with E-state index < -0.39 is 0 Å². The molecule has 4 aromatic rings. The van der Waals surface area contributed by atoms with Gasteiger partial charge < -0.3 is 9.88 Å². The number of aryl methyl sites for hydroxylation is 1. The van der Waals surface area contributed by atoms with Gasteiger partial charge in [0.05, 0.1) is 0 Å². The second-order valence-corrected chi connectivity index (χ2v) is 6.27. The monoisotopic (exact) mass is 328 g/mol. The van der Waals surface area contributed by atoms with Crippen LogP contribution in [0.25, 0.3) is 21.7 Å². The highest BCUT2D eigenvalue weighted by Crippen LogP contribution is 2.23. The van der Waals surface area contributed by atoms with Crippen molar-refractivity contribution >= 4 is 33.3 Å². The highest BCUT2D eigenvalue weighted by molar-refractivity contribution is 6.02. The lowest BCUT2D eigenvalue weighted by molar-refractivity contribution is -0.116. The van der Waals surface area contributed by atoms with Gasteiger partial charge in [0.15, 0.2) is 0 Å². The van der Waals surface area contributed by atoms with Gasteiger partial charge in [-0.05, 0) is 47.0 Å². The van der Waals surface area contributed by atoms with Crippen molar-refractivity contribution in [3.63, 3.8) is 0 Å². The Morgan fingerprint density at radius 2 is 1.80 bits per heavy atom. The summed E-state index contributed by atoms with van der Waals surface area (Å²) in [4.78, 5) is 12.6. The van der Waals surface area contributed by atoms with Gasteiger partial charge in [-0.2, -0.15) is 0 Å². The first-order chi connectivity index (χ1) is 12.2. The molecule has 0 unspecified atom stereocenters. The van der Waals surface area contributed by atoms with Crippen molar-refractivity contribution in [2.45, 2.75) is 19.9 Å². The minimum atomic E-state index is -0.0200. The van der Waals surface area contributed by atoms with E-state index in [-0.39, 0.29) is 5.91 Å². The molecule has 1 heterocycles. The molecule has 4 rings (SSSR count). The first-order valence-corrected chi connectivity index (χ1v) is 8.60. The number of benzene rings is 3. The van der Waals surface area contributed by atoms with Gasteiger partial charge in [0, 0.05) is 22.8 Å². The van der Waals surface area contributed by atoms with Crippen LogP contribution >= 0.6 is 0 Å². The maximum Gasteiger partial charge on any atom is 0.244 e. The van der Waals surface area contributed by atoms with E-state index in [1.54, 1.807) is 0 Å². The lowest BCUT2D eigenvalue weighted by atomic mass is 10.1. The third kappa shape index (κ3) is 3.01. The summed E-state index contributed by atoms with van der Waals surface area (Å²) in [5, 5.41) is 6.41.